The van der Waals surface area contributed by atoms with Gasteiger partial charge in [0.15, 0.2) is 0 Å². The van der Waals surface area contributed by atoms with Crippen LogP contribution in [0.3, 0.4) is 0 Å². The molecule has 1 aliphatic rings. The quantitative estimate of drug-likeness (QED) is 0.935. The minimum Gasteiger partial charge on any atom is -0.350 e. The molecule has 0 saturated carbocycles. The Morgan fingerprint density at radius 2 is 1.91 bits per heavy atom. The molecule has 0 bridgehead atoms. The highest BCUT2D eigenvalue weighted by Crippen LogP contribution is 2.28. The molecule has 23 heavy (non-hydrogen) atoms. The number of hydrogen-bond acceptors (Lipinski definition) is 6. The van der Waals surface area contributed by atoms with Gasteiger partial charge in [-0.25, -0.2) is 19.9 Å². The number of hydrogen-bond donors (Lipinski definition) is 1. The fourth-order valence-corrected chi connectivity index (χ4v) is 2.50. The van der Waals surface area contributed by atoms with E-state index >= 15 is 0 Å². The third-order valence-electron chi connectivity index (χ3n) is 3.54. The molecule has 6 nitrogen and oxygen atoms in total. The molecule has 0 aliphatic carbocycles. The van der Waals surface area contributed by atoms with Gasteiger partial charge in [-0.3, -0.25) is 0 Å². The van der Waals surface area contributed by atoms with Gasteiger partial charge in [-0.15, -0.1) is 0 Å². The van der Waals surface area contributed by atoms with Crippen molar-refractivity contribution >= 4 is 11.9 Å². The summed E-state index contributed by atoms with van der Waals surface area (Å²) in [6.45, 7) is 1.40. The molecule has 3 rings (SSSR count). The second-order valence-electron chi connectivity index (χ2n) is 5.24. The van der Waals surface area contributed by atoms with Crippen LogP contribution in [-0.2, 0) is 6.18 Å². The number of halogens is 3. The van der Waals surface area contributed by atoms with Crippen molar-refractivity contribution < 1.29 is 13.2 Å². The molecular formula is C14H15F3N6. The number of nitrogens with zero attached hydrogens (tertiary/aromatic N) is 5. The molecule has 0 spiro atoms. The number of nitrogens with one attached hydrogen (secondary N) is 1. The lowest BCUT2D eigenvalue weighted by Gasteiger charge is -2.33. The van der Waals surface area contributed by atoms with Gasteiger partial charge in [-0.2, -0.15) is 13.2 Å². The molecule has 0 aromatic carbocycles. The second-order valence-corrected chi connectivity index (χ2v) is 5.24. The predicted molar refractivity (Wildman–Crippen MR) is 77.9 cm³/mol. The van der Waals surface area contributed by atoms with Crippen LogP contribution in [0.25, 0.3) is 0 Å². The van der Waals surface area contributed by atoms with E-state index in [0.29, 0.717) is 12.5 Å². The molecule has 2 aromatic rings. The molecule has 1 atom stereocenters. The van der Waals surface area contributed by atoms with Gasteiger partial charge in [-0.1, -0.05) is 0 Å². The van der Waals surface area contributed by atoms with Crippen molar-refractivity contribution in [2.24, 2.45) is 0 Å². The molecule has 0 unspecified atom stereocenters. The van der Waals surface area contributed by atoms with Crippen LogP contribution in [0.1, 0.15) is 18.5 Å². The van der Waals surface area contributed by atoms with Gasteiger partial charge in [0.05, 0.1) is 0 Å². The van der Waals surface area contributed by atoms with Gasteiger partial charge in [0.1, 0.15) is 5.69 Å². The van der Waals surface area contributed by atoms with Gasteiger partial charge in [-0.05, 0) is 25.0 Å². The minimum atomic E-state index is -4.48. The van der Waals surface area contributed by atoms with E-state index in [1.165, 1.54) is 0 Å². The average molecular weight is 324 g/mol. The Hall–Kier alpha value is -2.45. The Kier molecular flexibility index (Phi) is 4.26. The lowest BCUT2D eigenvalue weighted by Crippen LogP contribution is -2.43. The van der Waals surface area contributed by atoms with E-state index in [4.69, 9.17) is 0 Å². The molecule has 1 fully saturated rings. The maximum atomic E-state index is 12.7. The topological polar surface area (TPSA) is 66.8 Å². The number of rotatable bonds is 3. The van der Waals surface area contributed by atoms with Crippen molar-refractivity contribution in [3.63, 3.8) is 0 Å². The number of piperidine rings is 1. The van der Waals surface area contributed by atoms with Crippen molar-refractivity contribution in [3.8, 4) is 0 Å². The Balaban J connectivity index is 1.68. The maximum absolute atomic E-state index is 12.7. The average Bonchev–Trinajstić information content (AvgIpc) is 2.55. The maximum Gasteiger partial charge on any atom is 0.433 e. The number of anilines is 2. The third-order valence-corrected chi connectivity index (χ3v) is 3.54. The van der Waals surface area contributed by atoms with Crippen molar-refractivity contribution in [3.05, 3.63) is 36.4 Å². The van der Waals surface area contributed by atoms with Crippen LogP contribution in [0, 0.1) is 0 Å². The van der Waals surface area contributed by atoms with Crippen molar-refractivity contribution in [2.75, 3.05) is 23.3 Å². The Bertz CT molecular complexity index is 648. The van der Waals surface area contributed by atoms with E-state index in [1.807, 2.05) is 4.90 Å². The monoisotopic (exact) mass is 324 g/mol. The number of alkyl halides is 3. The van der Waals surface area contributed by atoms with Crippen LogP contribution in [0.15, 0.2) is 30.7 Å². The van der Waals surface area contributed by atoms with Crippen molar-refractivity contribution in [2.45, 2.75) is 25.1 Å². The summed E-state index contributed by atoms with van der Waals surface area (Å²) < 4.78 is 38.1. The van der Waals surface area contributed by atoms with Crippen molar-refractivity contribution in [1.82, 2.24) is 19.9 Å². The van der Waals surface area contributed by atoms with Crippen LogP contribution in [0.5, 0.6) is 0 Å². The molecular weight excluding hydrogens is 309 g/mol. The zero-order valence-corrected chi connectivity index (χ0v) is 12.2. The fraction of sp³-hybridized carbons (Fsp3) is 0.429. The van der Waals surface area contributed by atoms with E-state index in [0.717, 1.165) is 31.6 Å². The van der Waals surface area contributed by atoms with Gasteiger partial charge in [0.2, 0.25) is 11.9 Å². The first-order chi connectivity index (χ1) is 11.0. The van der Waals surface area contributed by atoms with E-state index in [2.05, 4.69) is 25.3 Å². The smallest absolute Gasteiger partial charge is 0.350 e. The summed E-state index contributed by atoms with van der Waals surface area (Å²) in [6.07, 6.45) is 1.66. The molecule has 1 aliphatic heterocycles. The highest BCUT2D eigenvalue weighted by Gasteiger charge is 2.33. The summed E-state index contributed by atoms with van der Waals surface area (Å²) in [5, 5.41) is 2.97. The van der Waals surface area contributed by atoms with Gasteiger partial charge in [0.25, 0.3) is 0 Å². The first kappa shape index (κ1) is 15.4. The number of aromatic nitrogens is 4. The Morgan fingerprint density at radius 1 is 1.13 bits per heavy atom. The summed E-state index contributed by atoms with van der Waals surface area (Å²) in [5.41, 5.74) is -0.950. The van der Waals surface area contributed by atoms with E-state index in [9.17, 15) is 13.2 Å². The zero-order chi connectivity index (χ0) is 16.3. The molecule has 9 heteroatoms. The Morgan fingerprint density at radius 3 is 2.65 bits per heavy atom. The van der Waals surface area contributed by atoms with E-state index in [-0.39, 0.29) is 12.0 Å². The summed E-state index contributed by atoms with van der Waals surface area (Å²) in [6, 6.07) is 2.53. The Labute approximate surface area is 130 Å². The summed E-state index contributed by atoms with van der Waals surface area (Å²) in [5.74, 6) is 0.601. The minimum absolute atomic E-state index is 0.0133. The lowest BCUT2D eigenvalue weighted by molar-refractivity contribution is -0.141. The highest BCUT2D eigenvalue weighted by atomic mass is 19.4. The summed E-state index contributed by atoms with van der Waals surface area (Å²) in [4.78, 5) is 17.8. The highest BCUT2D eigenvalue weighted by molar-refractivity contribution is 5.34. The molecule has 3 heterocycles. The first-order valence-corrected chi connectivity index (χ1v) is 7.21. The lowest BCUT2D eigenvalue weighted by atomic mass is 10.1. The predicted octanol–water partition coefficient (Wildman–Crippen LogP) is 2.37. The molecule has 0 radical (unpaired) electrons. The van der Waals surface area contributed by atoms with Crippen LogP contribution in [-0.4, -0.2) is 39.1 Å². The van der Waals surface area contributed by atoms with Crippen molar-refractivity contribution in [1.29, 1.82) is 0 Å². The normalized spacial score (nSPS) is 18.7. The van der Waals surface area contributed by atoms with Gasteiger partial charge < -0.3 is 10.2 Å². The van der Waals surface area contributed by atoms with Gasteiger partial charge >= 0.3 is 6.18 Å². The molecule has 1 saturated heterocycles. The molecule has 0 amide bonds. The summed E-state index contributed by atoms with van der Waals surface area (Å²) in [7, 11) is 0. The van der Waals surface area contributed by atoms with E-state index < -0.39 is 11.9 Å². The van der Waals surface area contributed by atoms with Gasteiger partial charge in [0, 0.05) is 37.7 Å². The van der Waals surface area contributed by atoms with Crippen LogP contribution in [0.4, 0.5) is 25.1 Å². The SMILES string of the molecule is FC(F)(F)c1ccnc(N[C@@H]2CCCN(c3ncccn3)C2)n1. The molecule has 1 N–H and O–H groups in total. The summed E-state index contributed by atoms with van der Waals surface area (Å²) >= 11 is 0. The molecule has 2 aromatic heterocycles. The largest absolute Gasteiger partial charge is 0.433 e. The van der Waals surface area contributed by atoms with E-state index in [1.54, 1.807) is 18.5 Å². The fourth-order valence-electron chi connectivity index (χ4n) is 2.50. The zero-order valence-electron chi connectivity index (χ0n) is 12.2. The van der Waals surface area contributed by atoms with Crippen LogP contribution < -0.4 is 10.2 Å². The second kappa shape index (κ2) is 6.35. The standard InChI is InChI=1S/C14H15F3N6/c15-14(16,17)11-4-7-18-12(22-11)21-10-3-1-8-23(9-10)13-19-5-2-6-20-13/h2,4-7,10H,1,3,8-9H2,(H,18,21,22)/t10-/m1/s1. The third kappa shape index (κ3) is 3.85. The molecule has 122 valence electrons. The first-order valence-electron chi connectivity index (χ1n) is 7.21. The van der Waals surface area contributed by atoms with Crippen LogP contribution >= 0.6 is 0 Å². The van der Waals surface area contributed by atoms with Crippen LogP contribution in [0.2, 0.25) is 0 Å².